The molecule has 0 aromatic carbocycles. The summed E-state index contributed by atoms with van der Waals surface area (Å²) in [6.07, 6.45) is 8.44. The van der Waals surface area contributed by atoms with Gasteiger partial charge >= 0.3 is 0 Å². The van der Waals surface area contributed by atoms with Crippen molar-refractivity contribution in [1.29, 1.82) is 0 Å². The maximum Gasteiger partial charge on any atom is 0.0798 e. The van der Waals surface area contributed by atoms with Crippen LogP contribution in [0.15, 0.2) is 42.3 Å². The van der Waals surface area contributed by atoms with E-state index in [9.17, 15) is 0 Å². The molecule has 0 fully saturated rings. The lowest BCUT2D eigenvalue weighted by atomic mass is 10.1. The molecule has 1 aromatic rings. The molecule has 2 nitrogen and oxygen atoms in total. The van der Waals surface area contributed by atoms with Crippen LogP contribution in [0.2, 0.25) is 0 Å². The second-order valence-electron chi connectivity index (χ2n) is 4.15. The van der Waals surface area contributed by atoms with Crippen molar-refractivity contribution in [1.82, 2.24) is 9.88 Å². The SMILES string of the molecule is C/C=C1\C2=C(C=CCN2C)c2cccnc21. The zero-order valence-corrected chi connectivity index (χ0v) is 9.57. The van der Waals surface area contributed by atoms with Gasteiger partial charge in [-0.25, -0.2) is 0 Å². The van der Waals surface area contributed by atoms with Crippen molar-refractivity contribution in [2.24, 2.45) is 0 Å². The Hall–Kier alpha value is -1.83. The van der Waals surface area contributed by atoms with Crippen LogP contribution in [-0.4, -0.2) is 23.5 Å². The molecule has 16 heavy (non-hydrogen) atoms. The van der Waals surface area contributed by atoms with E-state index in [0.717, 1.165) is 12.2 Å². The highest BCUT2D eigenvalue weighted by Crippen LogP contribution is 2.42. The second kappa shape index (κ2) is 3.34. The summed E-state index contributed by atoms with van der Waals surface area (Å²) in [5, 5.41) is 0. The quantitative estimate of drug-likeness (QED) is 0.654. The summed E-state index contributed by atoms with van der Waals surface area (Å²) >= 11 is 0. The number of hydrogen-bond donors (Lipinski definition) is 0. The monoisotopic (exact) mass is 210 g/mol. The fourth-order valence-corrected chi connectivity index (χ4v) is 2.50. The predicted octanol–water partition coefficient (Wildman–Crippen LogP) is 2.71. The highest BCUT2D eigenvalue weighted by Gasteiger charge is 2.28. The molecule has 0 unspecified atom stereocenters. The van der Waals surface area contributed by atoms with Gasteiger partial charge in [0.1, 0.15) is 0 Å². The van der Waals surface area contributed by atoms with Gasteiger partial charge in [-0.2, -0.15) is 0 Å². The van der Waals surface area contributed by atoms with Gasteiger partial charge < -0.3 is 4.90 Å². The molecule has 2 heterocycles. The third-order valence-electron chi connectivity index (χ3n) is 3.20. The number of likely N-dealkylation sites (N-methyl/N-ethyl adjacent to an activating group) is 1. The first-order valence-corrected chi connectivity index (χ1v) is 5.57. The Morgan fingerprint density at radius 1 is 1.44 bits per heavy atom. The summed E-state index contributed by atoms with van der Waals surface area (Å²) in [5.74, 6) is 0. The predicted molar refractivity (Wildman–Crippen MR) is 66.6 cm³/mol. The molecule has 0 saturated heterocycles. The number of hydrogen-bond acceptors (Lipinski definition) is 2. The van der Waals surface area contributed by atoms with Crippen molar-refractivity contribution in [3.8, 4) is 0 Å². The van der Waals surface area contributed by atoms with Crippen molar-refractivity contribution in [2.45, 2.75) is 6.92 Å². The van der Waals surface area contributed by atoms with Crippen LogP contribution in [0.25, 0.3) is 11.1 Å². The summed E-state index contributed by atoms with van der Waals surface area (Å²) in [6.45, 7) is 3.06. The Kier molecular flexibility index (Phi) is 1.96. The van der Waals surface area contributed by atoms with Crippen LogP contribution in [0.3, 0.4) is 0 Å². The molecule has 0 radical (unpaired) electrons. The molecule has 2 aliphatic rings. The maximum atomic E-state index is 4.50. The van der Waals surface area contributed by atoms with Gasteiger partial charge in [-0.05, 0) is 13.0 Å². The average molecular weight is 210 g/mol. The molecule has 0 spiro atoms. The second-order valence-corrected chi connectivity index (χ2v) is 4.15. The van der Waals surface area contributed by atoms with Crippen LogP contribution < -0.4 is 0 Å². The molecule has 0 bridgehead atoms. The lowest BCUT2D eigenvalue weighted by molar-refractivity contribution is 0.483. The third-order valence-corrected chi connectivity index (χ3v) is 3.20. The van der Waals surface area contributed by atoms with Gasteiger partial charge in [-0.3, -0.25) is 4.98 Å². The van der Waals surface area contributed by atoms with Gasteiger partial charge in [0.2, 0.25) is 0 Å². The van der Waals surface area contributed by atoms with Crippen LogP contribution in [-0.2, 0) is 0 Å². The molecular weight excluding hydrogens is 196 g/mol. The van der Waals surface area contributed by atoms with Crippen LogP contribution in [0.5, 0.6) is 0 Å². The van der Waals surface area contributed by atoms with Crippen LogP contribution in [0.1, 0.15) is 18.2 Å². The summed E-state index contributed by atoms with van der Waals surface area (Å²) in [7, 11) is 2.13. The van der Waals surface area contributed by atoms with Gasteiger partial charge in [0.15, 0.2) is 0 Å². The molecule has 1 aliphatic heterocycles. The molecule has 3 rings (SSSR count). The lowest BCUT2D eigenvalue weighted by Crippen LogP contribution is -2.20. The average Bonchev–Trinajstić information content (AvgIpc) is 2.65. The van der Waals surface area contributed by atoms with E-state index in [2.05, 4.69) is 48.1 Å². The number of allylic oxidation sites excluding steroid dienone is 4. The van der Waals surface area contributed by atoms with E-state index in [1.807, 2.05) is 12.3 Å². The number of pyridine rings is 1. The first-order chi connectivity index (χ1) is 7.83. The van der Waals surface area contributed by atoms with Gasteiger partial charge in [0.25, 0.3) is 0 Å². The van der Waals surface area contributed by atoms with Crippen molar-refractivity contribution in [3.63, 3.8) is 0 Å². The number of nitrogens with zero attached hydrogens (tertiary/aromatic N) is 2. The fourth-order valence-electron chi connectivity index (χ4n) is 2.50. The molecular formula is C14H14N2. The van der Waals surface area contributed by atoms with Gasteiger partial charge in [0.05, 0.1) is 11.4 Å². The van der Waals surface area contributed by atoms with E-state index in [0.29, 0.717) is 0 Å². The smallest absolute Gasteiger partial charge is 0.0798 e. The van der Waals surface area contributed by atoms with Crippen LogP contribution >= 0.6 is 0 Å². The molecule has 0 amide bonds. The molecule has 0 N–H and O–H groups in total. The fraction of sp³-hybridized carbons (Fsp3) is 0.214. The highest BCUT2D eigenvalue weighted by molar-refractivity contribution is 6.01. The molecule has 1 aliphatic carbocycles. The Morgan fingerprint density at radius 2 is 2.31 bits per heavy atom. The minimum atomic E-state index is 0.976. The van der Waals surface area contributed by atoms with E-state index in [1.165, 1.54) is 22.4 Å². The standard InChI is InChI=1S/C14H14N2/c1-3-10-13-11(6-4-8-15-13)12-7-5-9-16(2)14(10)12/h3-8H,9H2,1-2H3/b10-3-. The minimum Gasteiger partial charge on any atom is -0.370 e. The molecule has 2 heteroatoms. The zero-order valence-electron chi connectivity index (χ0n) is 9.57. The zero-order chi connectivity index (χ0) is 11.1. The normalized spacial score (nSPS) is 20.4. The minimum absolute atomic E-state index is 0.976. The summed E-state index contributed by atoms with van der Waals surface area (Å²) in [6, 6.07) is 4.15. The topological polar surface area (TPSA) is 16.1 Å². The summed E-state index contributed by atoms with van der Waals surface area (Å²) < 4.78 is 0. The summed E-state index contributed by atoms with van der Waals surface area (Å²) in [5.41, 5.74) is 6.27. The van der Waals surface area contributed by atoms with E-state index >= 15 is 0 Å². The van der Waals surface area contributed by atoms with E-state index < -0.39 is 0 Å². The molecule has 0 saturated carbocycles. The summed E-state index contributed by atoms with van der Waals surface area (Å²) in [4.78, 5) is 6.78. The first-order valence-electron chi connectivity index (χ1n) is 5.57. The first kappa shape index (κ1) is 9.40. The van der Waals surface area contributed by atoms with Crippen molar-refractivity contribution in [3.05, 3.63) is 53.5 Å². The Labute approximate surface area is 95.6 Å². The lowest BCUT2D eigenvalue weighted by Gasteiger charge is -2.24. The third kappa shape index (κ3) is 1.10. The van der Waals surface area contributed by atoms with Gasteiger partial charge in [-0.1, -0.05) is 24.3 Å². The Morgan fingerprint density at radius 3 is 3.12 bits per heavy atom. The number of aromatic nitrogens is 1. The van der Waals surface area contributed by atoms with Crippen molar-refractivity contribution in [2.75, 3.05) is 13.6 Å². The molecule has 0 atom stereocenters. The van der Waals surface area contributed by atoms with Crippen molar-refractivity contribution < 1.29 is 0 Å². The van der Waals surface area contributed by atoms with Crippen molar-refractivity contribution >= 4 is 11.1 Å². The Balaban J connectivity index is 2.30. The number of fused-ring (bicyclic) bond motifs is 2. The molecule has 1 aromatic heterocycles. The van der Waals surface area contributed by atoms with Crippen LogP contribution in [0.4, 0.5) is 0 Å². The Bertz CT molecular complexity index is 535. The maximum absolute atomic E-state index is 4.50. The van der Waals surface area contributed by atoms with E-state index in [4.69, 9.17) is 0 Å². The van der Waals surface area contributed by atoms with Crippen LogP contribution in [0, 0.1) is 0 Å². The molecule has 80 valence electrons. The van der Waals surface area contributed by atoms with E-state index in [1.54, 1.807) is 0 Å². The highest BCUT2D eigenvalue weighted by atomic mass is 15.1. The largest absolute Gasteiger partial charge is 0.370 e. The van der Waals surface area contributed by atoms with Gasteiger partial charge in [0, 0.05) is 36.5 Å². The number of rotatable bonds is 0. The van der Waals surface area contributed by atoms with E-state index in [-0.39, 0.29) is 0 Å². The van der Waals surface area contributed by atoms with Gasteiger partial charge in [-0.15, -0.1) is 0 Å².